The summed E-state index contributed by atoms with van der Waals surface area (Å²) in [6, 6.07) is 4.45. The van der Waals surface area contributed by atoms with Crippen molar-refractivity contribution in [1.29, 1.82) is 0 Å². The molecule has 0 spiro atoms. The first kappa shape index (κ1) is 15.5. The first-order valence-electron chi connectivity index (χ1n) is 4.94. The molecule has 1 heterocycles. The van der Waals surface area contributed by atoms with Gasteiger partial charge in [0, 0.05) is 14.2 Å². The average molecular weight is 295 g/mol. The number of hydrogen-bond donors (Lipinski definition) is 2. The Morgan fingerprint density at radius 2 is 2.17 bits per heavy atom. The quantitative estimate of drug-likeness (QED) is 0.593. The van der Waals surface area contributed by atoms with E-state index in [1.54, 1.807) is 0 Å². The topological polar surface area (TPSA) is 106 Å². The fourth-order valence-electron chi connectivity index (χ4n) is 1.25. The van der Waals surface area contributed by atoms with Crippen molar-refractivity contribution < 1.29 is 28.4 Å². The number of hydrogen-bond acceptors (Lipinski definition) is 6. The van der Waals surface area contributed by atoms with Crippen molar-refractivity contribution in [2.45, 2.75) is 11.7 Å². The number of aliphatic hydroxyl groups is 1. The molecule has 3 unspecified atom stereocenters. The highest BCUT2D eigenvalue weighted by Crippen LogP contribution is 2.44. The van der Waals surface area contributed by atoms with Crippen molar-refractivity contribution >= 4 is 16.1 Å². The lowest BCUT2D eigenvalue weighted by atomic mass is 10.3. The molecule has 0 bridgehead atoms. The largest absolute Gasteiger partial charge is 0.355 e. The summed E-state index contributed by atoms with van der Waals surface area (Å²) in [5, 5.41) is 9.86. The Balaban J connectivity index is 3.07. The fourth-order valence-corrected chi connectivity index (χ4v) is 2.34. The zero-order valence-electron chi connectivity index (χ0n) is 9.94. The van der Waals surface area contributed by atoms with Crippen LogP contribution >= 0.6 is 16.1 Å². The number of pyridine rings is 1. The van der Waals surface area contributed by atoms with Gasteiger partial charge in [0.15, 0.2) is 0 Å². The van der Waals surface area contributed by atoms with E-state index in [0.717, 1.165) is 7.11 Å². The molecule has 2 N–H and O–H groups in total. The highest BCUT2D eigenvalue weighted by molar-refractivity contribution is 7.51. The van der Waals surface area contributed by atoms with Crippen molar-refractivity contribution in [3.63, 3.8) is 0 Å². The highest BCUT2D eigenvalue weighted by atomic mass is 31.2. The van der Waals surface area contributed by atoms with E-state index in [1.807, 2.05) is 0 Å². The van der Waals surface area contributed by atoms with Crippen LogP contribution in [-0.2, 0) is 30.1 Å². The van der Waals surface area contributed by atoms with Gasteiger partial charge in [0.2, 0.25) is 0 Å². The maximum Gasteiger partial charge on any atom is 0.333 e. The average Bonchev–Trinajstić information content (AvgIpc) is 2.37. The van der Waals surface area contributed by atoms with Crippen LogP contribution in [-0.4, -0.2) is 29.2 Å². The van der Waals surface area contributed by atoms with Crippen molar-refractivity contribution in [2.75, 3.05) is 14.2 Å². The van der Waals surface area contributed by atoms with E-state index in [9.17, 15) is 19.1 Å². The molecule has 7 nitrogen and oxygen atoms in total. The van der Waals surface area contributed by atoms with Crippen LogP contribution in [0.15, 0.2) is 18.2 Å². The second kappa shape index (κ2) is 6.06. The smallest absolute Gasteiger partial charge is 0.333 e. The molecule has 0 saturated carbocycles. The van der Waals surface area contributed by atoms with Gasteiger partial charge in [-0.1, -0.05) is 6.07 Å². The van der Waals surface area contributed by atoms with Gasteiger partial charge in [-0.05, 0) is 12.1 Å². The predicted molar refractivity (Wildman–Crippen MR) is 66.1 cm³/mol. The van der Waals surface area contributed by atoms with Gasteiger partial charge < -0.3 is 23.8 Å². The molecule has 0 amide bonds. The van der Waals surface area contributed by atoms with Crippen LogP contribution in [0.2, 0.25) is 0 Å². The number of ether oxygens (including phenoxy) is 1. The van der Waals surface area contributed by atoms with Gasteiger partial charge >= 0.3 is 7.60 Å². The van der Waals surface area contributed by atoms with Gasteiger partial charge in [-0.2, -0.15) is 0 Å². The first-order chi connectivity index (χ1) is 8.37. The summed E-state index contributed by atoms with van der Waals surface area (Å²) < 4.78 is 31.6. The Morgan fingerprint density at radius 3 is 2.67 bits per heavy atom. The number of nitrogens with zero attached hydrogens (tertiary/aromatic N) is 1. The van der Waals surface area contributed by atoms with E-state index >= 15 is 0 Å². The van der Waals surface area contributed by atoms with E-state index in [0.29, 0.717) is 0 Å². The van der Waals surface area contributed by atoms with Crippen molar-refractivity contribution in [2.24, 2.45) is 0 Å². The van der Waals surface area contributed by atoms with Crippen LogP contribution < -0.4 is 0 Å². The molecular formula is C9H15NO6P2. The Bertz CT molecular complexity index is 482. The second-order valence-electron chi connectivity index (χ2n) is 3.51. The minimum absolute atomic E-state index is 0.0311. The summed E-state index contributed by atoms with van der Waals surface area (Å²) in [6.45, 7) is 0. The van der Waals surface area contributed by atoms with E-state index < -0.39 is 21.6 Å². The molecular weight excluding hydrogens is 280 g/mol. The first-order valence-corrected chi connectivity index (χ1v) is 7.76. The summed E-state index contributed by atoms with van der Waals surface area (Å²) in [4.78, 5) is 13.3. The molecule has 102 valence electrons. The van der Waals surface area contributed by atoms with E-state index in [1.165, 1.54) is 25.3 Å². The summed E-state index contributed by atoms with van der Waals surface area (Å²) in [6.07, 6.45) is -0.300. The zero-order chi connectivity index (χ0) is 13.8. The van der Waals surface area contributed by atoms with Gasteiger partial charge in [0.1, 0.15) is 14.2 Å². The standard InChI is InChI=1S/C9H15NO6P2/c1-15-9(11,17-12)8-5-3-4-7(10-8)6-18(13,14)16-2/h3-5,11H,6,17H2,1-2H3,(H,13,14). The lowest BCUT2D eigenvalue weighted by Crippen LogP contribution is -2.22. The van der Waals surface area contributed by atoms with Gasteiger partial charge in [0.25, 0.3) is 5.53 Å². The van der Waals surface area contributed by atoms with Crippen molar-refractivity contribution in [1.82, 2.24) is 4.98 Å². The molecule has 9 heteroatoms. The Kier molecular flexibility index (Phi) is 5.22. The van der Waals surface area contributed by atoms with Gasteiger partial charge in [-0.25, -0.2) is 0 Å². The maximum atomic E-state index is 11.4. The van der Waals surface area contributed by atoms with Crippen LogP contribution in [0.3, 0.4) is 0 Å². The normalized spacial score (nSPS) is 18.7. The lowest BCUT2D eigenvalue weighted by molar-refractivity contribution is -0.121. The molecule has 0 aromatic carbocycles. The molecule has 0 aliphatic carbocycles. The molecule has 0 radical (unpaired) electrons. The van der Waals surface area contributed by atoms with Crippen molar-refractivity contribution in [3.8, 4) is 0 Å². The van der Waals surface area contributed by atoms with E-state index in [-0.39, 0.29) is 17.5 Å². The maximum absolute atomic E-state index is 11.4. The zero-order valence-corrected chi connectivity index (χ0v) is 12.0. The summed E-state index contributed by atoms with van der Waals surface area (Å²) in [5.74, 6) is 0. The van der Waals surface area contributed by atoms with Gasteiger partial charge in [-0.15, -0.1) is 0 Å². The molecule has 1 aromatic heterocycles. The molecule has 0 aliphatic rings. The van der Waals surface area contributed by atoms with Gasteiger partial charge in [-0.3, -0.25) is 9.55 Å². The number of methoxy groups -OCH3 is 1. The van der Waals surface area contributed by atoms with Crippen LogP contribution in [0.25, 0.3) is 0 Å². The summed E-state index contributed by atoms with van der Waals surface area (Å²) in [7, 11) is -3.09. The Morgan fingerprint density at radius 1 is 1.50 bits per heavy atom. The Hall–Kier alpha value is -0.550. The molecule has 3 atom stereocenters. The summed E-state index contributed by atoms with van der Waals surface area (Å²) in [5.41, 5.74) is -1.69. The van der Waals surface area contributed by atoms with Crippen LogP contribution in [0.1, 0.15) is 11.4 Å². The molecule has 18 heavy (non-hydrogen) atoms. The molecule has 0 fully saturated rings. The monoisotopic (exact) mass is 295 g/mol. The minimum Gasteiger partial charge on any atom is -0.355 e. The SMILES string of the molecule is COC(O)([PH2]=O)c1cccc(CP(=O)(O)OC)n1. The van der Waals surface area contributed by atoms with Crippen LogP contribution in [0, 0.1) is 0 Å². The third kappa shape index (κ3) is 3.72. The minimum atomic E-state index is -3.74. The fraction of sp³-hybridized carbons (Fsp3) is 0.444. The van der Waals surface area contributed by atoms with E-state index in [4.69, 9.17) is 4.74 Å². The Labute approximate surface area is 106 Å². The van der Waals surface area contributed by atoms with Crippen LogP contribution in [0.4, 0.5) is 0 Å². The molecule has 0 aliphatic heterocycles. The van der Waals surface area contributed by atoms with Crippen LogP contribution in [0.5, 0.6) is 0 Å². The third-order valence-electron chi connectivity index (χ3n) is 2.29. The number of aromatic nitrogens is 1. The lowest BCUT2D eigenvalue weighted by Gasteiger charge is -2.20. The highest BCUT2D eigenvalue weighted by Gasteiger charge is 2.30. The third-order valence-corrected chi connectivity index (χ3v) is 4.44. The second-order valence-corrected chi connectivity index (χ2v) is 6.49. The molecule has 1 rings (SSSR count). The van der Waals surface area contributed by atoms with Gasteiger partial charge in [0.05, 0.1) is 11.9 Å². The predicted octanol–water partition coefficient (Wildman–Crippen LogP) is 0.919. The number of rotatable bonds is 6. The molecule has 0 saturated heterocycles. The molecule has 1 aromatic rings. The summed E-state index contributed by atoms with van der Waals surface area (Å²) >= 11 is 0. The van der Waals surface area contributed by atoms with Crippen molar-refractivity contribution in [3.05, 3.63) is 29.6 Å². The van der Waals surface area contributed by atoms with E-state index in [2.05, 4.69) is 9.51 Å².